The van der Waals surface area contributed by atoms with E-state index in [-0.39, 0.29) is 12.4 Å². The Balaban J connectivity index is 2.04. The summed E-state index contributed by atoms with van der Waals surface area (Å²) in [5.41, 5.74) is 5.75. The number of rotatable bonds is 7. The summed E-state index contributed by atoms with van der Waals surface area (Å²) < 4.78 is 0. The average Bonchev–Trinajstić information content (AvgIpc) is 3.12. The second kappa shape index (κ2) is 8.99. The number of phenols is 1. The van der Waals surface area contributed by atoms with E-state index in [0.29, 0.717) is 18.4 Å². The predicted octanol–water partition coefficient (Wildman–Crippen LogP) is 3.69. The molecule has 0 unspecified atom stereocenters. The molecule has 2 atom stereocenters. The number of aryl methyl sites for hydroxylation is 2. The van der Waals surface area contributed by atoms with Gasteiger partial charge in [-0.05, 0) is 65.8 Å². The maximum atomic E-state index is 10.3. The van der Waals surface area contributed by atoms with Gasteiger partial charge in [0, 0.05) is 17.7 Å². The fourth-order valence-corrected chi connectivity index (χ4v) is 3.33. The molecule has 2 rings (SSSR count). The summed E-state index contributed by atoms with van der Waals surface area (Å²) in [6.07, 6.45) is 0.945. The molecular weight excluding hydrogens is 336 g/mol. The number of aromatic hydroxyl groups is 1. The Morgan fingerprint density at radius 3 is 2.44 bits per heavy atom. The number of aliphatic hydroxyl groups excluding tert-OH is 3. The molecule has 134 valence electrons. The van der Waals surface area contributed by atoms with Gasteiger partial charge >= 0.3 is 0 Å². The van der Waals surface area contributed by atoms with E-state index in [9.17, 15) is 20.4 Å². The Morgan fingerprint density at radius 2 is 1.88 bits per heavy atom. The molecule has 0 bridgehead atoms. The fourth-order valence-electron chi connectivity index (χ4n) is 2.62. The Hall–Kier alpha value is -1.88. The second-order valence-electron chi connectivity index (χ2n) is 6.10. The van der Waals surface area contributed by atoms with Crippen LogP contribution in [0, 0.1) is 13.8 Å². The summed E-state index contributed by atoms with van der Waals surface area (Å²) in [7, 11) is 0. The SMILES string of the molecule is Cc1cc([C@H](O)CC=C=C(CO)C[C@@H](O)c2cccs2)cc(C)c1O. The molecule has 0 amide bonds. The van der Waals surface area contributed by atoms with E-state index in [1.807, 2.05) is 17.5 Å². The van der Waals surface area contributed by atoms with Crippen LogP contribution in [0.15, 0.2) is 47.0 Å². The van der Waals surface area contributed by atoms with Crippen LogP contribution in [0.25, 0.3) is 0 Å². The quantitative estimate of drug-likeness (QED) is 0.568. The number of phenolic OH excluding ortho intramolecular Hbond substituents is 1. The van der Waals surface area contributed by atoms with Crippen LogP contribution in [0.3, 0.4) is 0 Å². The predicted molar refractivity (Wildman–Crippen MR) is 99.7 cm³/mol. The molecule has 0 spiro atoms. The number of hydrogen-bond acceptors (Lipinski definition) is 5. The van der Waals surface area contributed by atoms with E-state index < -0.39 is 12.2 Å². The van der Waals surface area contributed by atoms with Crippen LogP contribution in [-0.2, 0) is 0 Å². The molecule has 0 saturated carbocycles. The van der Waals surface area contributed by atoms with Gasteiger partial charge in [-0.15, -0.1) is 17.1 Å². The lowest BCUT2D eigenvalue weighted by atomic mass is 10.00. The van der Waals surface area contributed by atoms with Crippen LogP contribution in [0.4, 0.5) is 0 Å². The molecule has 0 aliphatic carbocycles. The van der Waals surface area contributed by atoms with Crippen molar-refractivity contribution in [1.82, 2.24) is 0 Å². The summed E-state index contributed by atoms with van der Waals surface area (Å²) in [4.78, 5) is 0.850. The average molecular weight is 360 g/mol. The van der Waals surface area contributed by atoms with Crippen molar-refractivity contribution in [1.29, 1.82) is 0 Å². The number of aliphatic hydroxyl groups is 3. The summed E-state index contributed by atoms with van der Waals surface area (Å²) in [6, 6.07) is 7.25. The van der Waals surface area contributed by atoms with Gasteiger partial charge in [-0.25, -0.2) is 0 Å². The van der Waals surface area contributed by atoms with Gasteiger partial charge in [0.25, 0.3) is 0 Å². The van der Waals surface area contributed by atoms with Gasteiger partial charge in [0.1, 0.15) is 5.75 Å². The topological polar surface area (TPSA) is 80.9 Å². The molecule has 4 N–H and O–H groups in total. The van der Waals surface area contributed by atoms with E-state index >= 15 is 0 Å². The zero-order valence-electron chi connectivity index (χ0n) is 14.4. The molecule has 1 aromatic heterocycles. The highest BCUT2D eigenvalue weighted by atomic mass is 32.1. The molecular formula is C20H24O4S. The third-order valence-corrected chi connectivity index (χ3v) is 5.02. The summed E-state index contributed by atoms with van der Waals surface area (Å²) >= 11 is 1.47. The largest absolute Gasteiger partial charge is 0.507 e. The summed E-state index contributed by atoms with van der Waals surface area (Å²) in [5, 5.41) is 41.6. The van der Waals surface area contributed by atoms with Gasteiger partial charge in [0.15, 0.2) is 0 Å². The van der Waals surface area contributed by atoms with E-state index in [1.54, 1.807) is 32.1 Å². The van der Waals surface area contributed by atoms with Crippen LogP contribution in [0.2, 0.25) is 0 Å². The van der Waals surface area contributed by atoms with E-state index in [2.05, 4.69) is 5.73 Å². The van der Waals surface area contributed by atoms with Crippen molar-refractivity contribution in [3.63, 3.8) is 0 Å². The molecule has 4 nitrogen and oxygen atoms in total. The van der Waals surface area contributed by atoms with Crippen LogP contribution in [-0.4, -0.2) is 27.0 Å². The van der Waals surface area contributed by atoms with Crippen molar-refractivity contribution in [2.45, 2.75) is 38.9 Å². The monoisotopic (exact) mass is 360 g/mol. The Labute approximate surface area is 152 Å². The van der Waals surface area contributed by atoms with Crippen molar-refractivity contribution in [2.75, 3.05) is 6.61 Å². The number of hydrogen-bond donors (Lipinski definition) is 4. The van der Waals surface area contributed by atoms with Crippen molar-refractivity contribution in [3.8, 4) is 5.75 Å². The van der Waals surface area contributed by atoms with Crippen LogP contribution in [0.5, 0.6) is 5.75 Å². The number of thiophene rings is 1. The first-order valence-electron chi connectivity index (χ1n) is 8.15. The zero-order valence-corrected chi connectivity index (χ0v) is 15.3. The minimum atomic E-state index is -0.715. The van der Waals surface area contributed by atoms with E-state index in [4.69, 9.17) is 0 Å². The first-order valence-corrected chi connectivity index (χ1v) is 9.03. The summed E-state index contributed by atoms with van der Waals surface area (Å²) in [6.45, 7) is 3.40. The van der Waals surface area contributed by atoms with Crippen molar-refractivity contribution in [3.05, 3.63) is 68.6 Å². The van der Waals surface area contributed by atoms with Gasteiger partial charge in [-0.1, -0.05) is 6.07 Å². The molecule has 5 heteroatoms. The summed E-state index contributed by atoms with van der Waals surface area (Å²) in [5.74, 6) is 0.247. The van der Waals surface area contributed by atoms with Crippen LogP contribution < -0.4 is 0 Å². The molecule has 0 saturated heterocycles. The third kappa shape index (κ3) is 5.30. The molecule has 0 aliphatic rings. The first-order chi connectivity index (χ1) is 11.9. The van der Waals surface area contributed by atoms with Gasteiger partial charge in [0.2, 0.25) is 0 Å². The van der Waals surface area contributed by atoms with E-state index in [0.717, 1.165) is 21.6 Å². The van der Waals surface area contributed by atoms with Crippen molar-refractivity contribution >= 4 is 11.3 Å². The normalized spacial score (nSPS) is 13.2. The lowest BCUT2D eigenvalue weighted by Gasteiger charge is -2.12. The second-order valence-corrected chi connectivity index (χ2v) is 7.08. The Kier molecular flexibility index (Phi) is 7.00. The highest BCUT2D eigenvalue weighted by molar-refractivity contribution is 7.10. The smallest absolute Gasteiger partial charge is 0.121 e. The van der Waals surface area contributed by atoms with Gasteiger partial charge in [-0.2, -0.15) is 0 Å². The first kappa shape index (κ1) is 19.4. The lowest BCUT2D eigenvalue weighted by Crippen LogP contribution is -2.00. The highest BCUT2D eigenvalue weighted by Gasteiger charge is 2.12. The van der Waals surface area contributed by atoms with Crippen LogP contribution in [0.1, 0.15) is 46.6 Å². The molecule has 0 radical (unpaired) electrons. The number of benzene rings is 1. The maximum absolute atomic E-state index is 10.3. The molecule has 1 heterocycles. The van der Waals surface area contributed by atoms with Crippen LogP contribution >= 0.6 is 11.3 Å². The zero-order chi connectivity index (χ0) is 18.4. The van der Waals surface area contributed by atoms with Gasteiger partial charge in [0.05, 0.1) is 18.8 Å². The van der Waals surface area contributed by atoms with Gasteiger partial charge in [-0.3, -0.25) is 0 Å². The standard InChI is InChI=1S/C20H24O4S/c1-13-9-16(10-14(2)20(13)24)17(22)6-3-5-15(12-21)11-18(23)19-7-4-8-25-19/h3-4,7-10,17-18,21-24H,6,11-12H2,1-2H3/t5?,17-,18-/m1/s1. The van der Waals surface area contributed by atoms with Crippen molar-refractivity contribution < 1.29 is 20.4 Å². The van der Waals surface area contributed by atoms with E-state index in [1.165, 1.54) is 11.3 Å². The minimum Gasteiger partial charge on any atom is -0.507 e. The molecule has 0 fully saturated rings. The Morgan fingerprint density at radius 1 is 1.20 bits per heavy atom. The highest BCUT2D eigenvalue weighted by Crippen LogP contribution is 2.28. The fraction of sp³-hybridized carbons (Fsp3) is 0.350. The molecule has 1 aromatic carbocycles. The molecule has 0 aliphatic heterocycles. The third-order valence-electron chi connectivity index (χ3n) is 4.05. The van der Waals surface area contributed by atoms with Gasteiger partial charge < -0.3 is 20.4 Å². The maximum Gasteiger partial charge on any atom is 0.121 e. The lowest BCUT2D eigenvalue weighted by molar-refractivity contribution is 0.175. The van der Waals surface area contributed by atoms with Crippen molar-refractivity contribution in [2.24, 2.45) is 0 Å². The molecule has 25 heavy (non-hydrogen) atoms. The Bertz CT molecular complexity index is 735. The minimum absolute atomic E-state index is 0.188. The molecule has 2 aromatic rings.